The summed E-state index contributed by atoms with van der Waals surface area (Å²) in [6, 6.07) is 0. The van der Waals surface area contributed by atoms with Gasteiger partial charge >= 0.3 is 0 Å². The van der Waals surface area contributed by atoms with Gasteiger partial charge in [0, 0.05) is 6.42 Å². The summed E-state index contributed by atoms with van der Waals surface area (Å²) in [4.78, 5) is 11.3. The minimum absolute atomic E-state index is 0.224. The molecule has 0 aliphatic carbocycles. The van der Waals surface area contributed by atoms with Crippen molar-refractivity contribution >= 4 is 15.9 Å². The van der Waals surface area contributed by atoms with Crippen LogP contribution in [0.4, 0.5) is 0 Å². The molecule has 6 heteroatoms. The van der Waals surface area contributed by atoms with Crippen LogP contribution in [0.3, 0.4) is 0 Å². The molecule has 1 aliphatic rings. The molecule has 2 atom stereocenters. The molecule has 1 N–H and O–H groups in total. The second-order valence-corrected chi connectivity index (χ2v) is 8.77. The average molecular weight is 398 g/mol. The fourth-order valence-corrected chi connectivity index (χ4v) is 3.28. The van der Waals surface area contributed by atoms with E-state index in [9.17, 15) is 13.2 Å². The predicted molar refractivity (Wildman–Crippen MR) is 111 cm³/mol. The van der Waals surface area contributed by atoms with Gasteiger partial charge in [0.2, 0.25) is 15.9 Å². The van der Waals surface area contributed by atoms with Crippen LogP contribution in [0.25, 0.3) is 0 Å². The Kier molecular flexibility index (Phi) is 12.0. The number of carbonyl (C=O) groups excluding carboxylic acids is 1. The van der Waals surface area contributed by atoms with Crippen molar-refractivity contribution in [1.82, 2.24) is 4.72 Å². The number of carbonyl (C=O) groups is 1. The first-order chi connectivity index (χ1) is 12.9. The molecule has 0 saturated carbocycles. The van der Waals surface area contributed by atoms with Gasteiger partial charge < -0.3 is 4.74 Å². The Hall–Kier alpha value is -1.40. The molecule has 0 aromatic carbocycles. The van der Waals surface area contributed by atoms with E-state index in [1.807, 2.05) is 10.8 Å². The number of hydrogen-bond acceptors (Lipinski definition) is 4. The van der Waals surface area contributed by atoms with Crippen LogP contribution in [-0.2, 0) is 19.6 Å². The van der Waals surface area contributed by atoms with E-state index in [0.717, 1.165) is 31.9 Å². The molecule has 1 fully saturated rings. The zero-order valence-electron chi connectivity index (χ0n) is 16.7. The van der Waals surface area contributed by atoms with Crippen molar-refractivity contribution in [3.63, 3.8) is 0 Å². The molecule has 0 spiro atoms. The minimum Gasteiger partial charge on any atom is -0.369 e. The van der Waals surface area contributed by atoms with Gasteiger partial charge in [0.25, 0.3) is 0 Å². The van der Waals surface area contributed by atoms with Crippen LogP contribution in [0.15, 0.2) is 36.5 Å². The van der Waals surface area contributed by atoms with Crippen molar-refractivity contribution in [2.45, 2.75) is 83.3 Å². The number of nitrogens with one attached hydrogen (secondary N) is 1. The van der Waals surface area contributed by atoms with E-state index in [4.69, 9.17) is 4.74 Å². The van der Waals surface area contributed by atoms with Gasteiger partial charge in [-0.25, -0.2) is 8.42 Å². The number of rotatable bonds is 15. The van der Waals surface area contributed by atoms with Crippen molar-refractivity contribution in [3.05, 3.63) is 36.5 Å². The van der Waals surface area contributed by atoms with Crippen molar-refractivity contribution in [3.8, 4) is 0 Å². The molecule has 1 amide bonds. The lowest BCUT2D eigenvalue weighted by Crippen LogP contribution is -2.28. The summed E-state index contributed by atoms with van der Waals surface area (Å²) in [5, 5.41) is 0. The molecule has 5 nitrogen and oxygen atoms in total. The molecule has 0 unspecified atom stereocenters. The van der Waals surface area contributed by atoms with E-state index in [1.54, 1.807) is 0 Å². The summed E-state index contributed by atoms with van der Waals surface area (Å²) in [5.74, 6) is -0.443. The minimum atomic E-state index is -3.44. The van der Waals surface area contributed by atoms with E-state index in [0.29, 0.717) is 18.6 Å². The summed E-state index contributed by atoms with van der Waals surface area (Å²) in [7, 11) is -3.44. The lowest BCUT2D eigenvalue weighted by molar-refractivity contribution is -0.119. The van der Waals surface area contributed by atoms with Crippen LogP contribution in [0.2, 0.25) is 0 Å². The van der Waals surface area contributed by atoms with Gasteiger partial charge in [0.15, 0.2) is 0 Å². The lowest BCUT2D eigenvalue weighted by Gasteiger charge is -2.00. The van der Waals surface area contributed by atoms with Crippen molar-refractivity contribution < 1.29 is 17.9 Å². The SMILES string of the molecule is CCCCC[C@H]1O[C@H]1C/C=C\C/C=C\C/C=C\CCCC(=O)NS(C)(=O)=O. The second-order valence-electron chi connectivity index (χ2n) is 7.02. The van der Waals surface area contributed by atoms with Gasteiger partial charge in [0.1, 0.15) is 0 Å². The monoisotopic (exact) mass is 397 g/mol. The number of epoxide rings is 1. The topological polar surface area (TPSA) is 75.8 Å². The second kappa shape index (κ2) is 13.7. The molecule has 27 heavy (non-hydrogen) atoms. The number of unbranched alkanes of at least 4 members (excludes halogenated alkanes) is 3. The highest BCUT2D eigenvalue weighted by Gasteiger charge is 2.36. The van der Waals surface area contributed by atoms with Crippen LogP contribution in [0.1, 0.15) is 71.1 Å². The van der Waals surface area contributed by atoms with Gasteiger partial charge in [-0.15, -0.1) is 0 Å². The number of hydrogen-bond donors (Lipinski definition) is 1. The number of ether oxygens (including phenoxy) is 1. The molecule has 154 valence electrons. The third-order valence-corrected chi connectivity index (χ3v) is 4.86. The molecular formula is C21H35NO4S. The van der Waals surface area contributed by atoms with Crippen LogP contribution in [-0.4, -0.2) is 32.8 Å². The highest BCUT2D eigenvalue weighted by atomic mass is 32.2. The molecule has 1 rings (SSSR count). The van der Waals surface area contributed by atoms with Gasteiger partial charge in [0.05, 0.1) is 18.5 Å². The molecule has 1 saturated heterocycles. The molecule has 1 heterocycles. The largest absolute Gasteiger partial charge is 0.369 e. The van der Waals surface area contributed by atoms with Gasteiger partial charge in [-0.3, -0.25) is 9.52 Å². The Morgan fingerprint density at radius 1 is 0.963 bits per heavy atom. The first-order valence-corrected chi connectivity index (χ1v) is 11.9. The first kappa shape index (κ1) is 23.6. The summed E-state index contributed by atoms with van der Waals surface area (Å²) < 4.78 is 29.4. The molecule has 0 radical (unpaired) electrons. The molecule has 0 bridgehead atoms. The van der Waals surface area contributed by atoms with Gasteiger partial charge in [-0.2, -0.15) is 0 Å². The summed E-state index contributed by atoms with van der Waals surface area (Å²) in [6.07, 6.45) is 24.2. The van der Waals surface area contributed by atoms with E-state index in [1.165, 1.54) is 25.7 Å². The highest BCUT2D eigenvalue weighted by molar-refractivity contribution is 7.89. The van der Waals surface area contributed by atoms with Crippen LogP contribution in [0.5, 0.6) is 0 Å². The Morgan fingerprint density at radius 2 is 1.63 bits per heavy atom. The number of amides is 1. The smallest absolute Gasteiger partial charge is 0.233 e. The Morgan fingerprint density at radius 3 is 2.30 bits per heavy atom. The number of allylic oxidation sites excluding steroid dienone is 5. The summed E-state index contributed by atoms with van der Waals surface area (Å²) >= 11 is 0. The Balaban J connectivity index is 1.94. The molecule has 0 aromatic rings. The quantitative estimate of drug-likeness (QED) is 0.252. The first-order valence-electron chi connectivity index (χ1n) is 10.0. The summed E-state index contributed by atoms with van der Waals surface area (Å²) in [6.45, 7) is 2.22. The van der Waals surface area contributed by atoms with E-state index in [-0.39, 0.29) is 6.42 Å². The molecule has 0 aromatic heterocycles. The van der Waals surface area contributed by atoms with Crippen LogP contribution < -0.4 is 4.72 Å². The lowest BCUT2D eigenvalue weighted by atomic mass is 10.1. The van der Waals surface area contributed by atoms with Crippen molar-refractivity contribution in [2.24, 2.45) is 0 Å². The standard InChI is InChI=1S/C21H35NO4S/c1-3-4-13-16-19-20(26-19)17-14-11-9-7-5-6-8-10-12-15-18-21(23)22-27(2,24)25/h5,7-8,10-11,14,19-20H,3-4,6,9,12-13,15-18H2,1-2H3,(H,22,23)/b7-5-,10-8-,14-11-/t19-,20+/m1/s1. The van der Waals surface area contributed by atoms with E-state index in [2.05, 4.69) is 37.3 Å². The third-order valence-electron chi connectivity index (χ3n) is 4.27. The molecule has 1 aliphatic heterocycles. The zero-order chi connectivity index (χ0) is 20.0. The van der Waals surface area contributed by atoms with E-state index < -0.39 is 15.9 Å². The van der Waals surface area contributed by atoms with Crippen LogP contribution >= 0.6 is 0 Å². The van der Waals surface area contributed by atoms with E-state index >= 15 is 0 Å². The fourth-order valence-electron chi connectivity index (χ4n) is 2.76. The van der Waals surface area contributed by atoms with Crippen molar-refractivity contribution in [1.29, 1.82) is 0 Å². The van der Waals surface area contributed by atoms with Gasteiger partial charge in [-0.1, -0.05) is 62.6 Å². The van der Waals surface area contributed by atoms with Crippen molar-refractivity contribution in [2.75, 3.05) is 6.26 Å². The normalized spacial score (nSPS) is 20.1. The highest BCUT2D eigenvalue weighted by Crippen LogP contribution is 2.30. The zero-order valence-corrected chi connectivity index (χ0v) is 17.5. The van der Waals surface area contributed by atoms with Crippen LogP contribution in [0, 0.1) is 0 Å². The Labute approximate surface area is 165 Å². The fraction of sp³-hybridized carbons (Fsp3) is 0.667. The predicted octanol–water partition coefficient (Wildman–Crippen LogP) is 4.42. The van der Waals surface area contributed by atoms with Gasteiger partial charge in [-0.05, 0) is 38.5 Å². The third kappa shape index (κ3) is 14.3. The summed E-state index contributed by atoms with van der Waals surface area (Å²) in [5.41, 5.74) is 0. The molecular weight excluding hydrogens is 362 g/mol. The average Bonchev–Trinajstić information content (AvgIpc) is 3.33. The Bertz CT molecular complexity index is 608. The maximum absolute atomic E-state index is 11.3. The maximum Gasteiger partial charge on any atom is 0.233 e. The number of sulfonamides is 1. The maximum atomic E-state index is 11.3.